The molecule has 0 radical (unpaired) electrons. The van der Waals surface area contributed by atoms with E-state index in [2.05, 4.69) is 47.5 Å². The minimum atomic E-state index is 0.362. The molecule has 0 atom stereocenters. The van der Waals surface area contributed by atoms with Crippen LogP contribution in [0.15, 0.2) is 42.6 Å². The summed E-state index contributed by atoms with van der Waals surface area (Å²) in [5, 5.41) is 8.17. The van der Waals surface area contributed by atoms with Crippen molar-refractivity contribution in [1.82, 2.24) is 19.7 Å². The summed E-state index contributed by atoms with van der Waals surface area (Å²) < 4.78 is 1.95. The van der Waals surface area contributed by atoms with Crippen LogP contribution in [0.3, 0.4) is 0 Å². The molecule has 0 aliphatic heterocycles. The number of rotatable bonds is 5. The predicted octanol–water partition coefficient (Wildman–Crippen LogP) is 4.01. The topological polar surface area (TPSA) is 55.6 Å². The lowest BCUT2D eigenvalue weighted by Gasteiger charge is -2.08. The van der Waals surface area contributed by atoms with Crippen LogP contribution < -0.4 is 5.32 Å². The van der Waals surface area contributed by atoms with Crippen molar-refractivity contribution in [3.05, 3.63) is 65.4 Å². The van der Waals surface area contributed by atoms with E-state index in [1.54, 1.807) is 0 Å². The van der Waals surface area contributed by atoms with Gasteiger partial charge in [-0.25, -0.2) is 14.6 Å². The Morgan fingerprint density at radius 3 is 2.50 bits per heavy atom. The molecule has 5 heteroatoms. The minimum Gasteiger partial charge on any atom is -0.366 e. The number of nitrogens with one attached hydrogen (secondary N) is 1. The minimum absolute atomic E-state index is 0.362. The van der Waals surface area contributed by atoms with Crippen LogP contribution in [-0.2, 0) is 6.54 Å². The quantitative estimate of drug-likeness (QED) is 0.771. The molecule has 2 heterocycles. The van der Waals surface area contributed by atoms with Gasteiger partial charge in [0.2, 0.25) is 0 Å². The normalized spacial score (nSPS) is 11.0. The summed E-state index contributed by atoms with van der Waals surface area (Å²) in [6.45, 7) is 8.91. The van der Waals surface area contributed by atoms with Crippen molar-refractivity contribution in [1.29, 1.82) is 0 Å². The standard InChI is InChI=1S/C19H23N5/c1-13(2)19-16(11-20-18-10-14(3)21-15(4)22-18)12-24(23-19)17-8-6-5-7-9-17/h5-10,12-13H,11H2,1-4H3,(H,20,21,22). The molecule has 0 aliphatic carbocycles. The van der Waals surface area contributed by atoms with Crippen molar-refractivity contribution in [2.45, 2.75) is 40.2 Å². The van der Waals surface area contributed by atoms with Crippen LogP contribution in [0, 0.1) is 13.8 Å². The van der Waals surface area contributed by atoms with Crippen LogP contribution in [0.2, 0.25) is 0 Å². The molecule has 2 aromatic heterocycles. The molecule has 3 aromatic rings. The van der Waals surface area contributed by atoms with E-state index in [1.807, 2.05) is 42.8 Å². The Kier molecular flexibility index (Phi) is 4.60. The second-order valence-electron chi connectivity index (χ2n) is 6.27. The van der Waals surface area contributed by atoms with Gasteiger partial charge in [-0.1, -0.05) is 32.0 Å². The highest BCUT2D eigenvalue weighted by Crippen LogP contribution is 2.21. The van der Waals surface area contributed by atoms with E-state index in [0.717, 1.165) is 28.7 Å². The third kappa shape index (κ3) is 3.62. The molecule has 1 N–H and O–H groups in total. The third-order valence-electron chi connectivity index (χ3n) is 3.82. The fraction of sp³-hybridized carbons (Fsp3) is 0.316. The summed E-state index contributed by atoms with van der Waals surface area (Å²) in [7, 11) is 0. The van der Waals surface area contributed by atoms with Crippen molar-refractivity contribution < 1.29 is 0 Å². The molecule has 0 amide bonds. The van der Waals surface area contributed by atoms with E-state index >= 15 is 0 Å². The zero-order valence-electron chi connectivity index (χ0n) is 14.6. The second kappa shape index (κ2) is 6.83. The van der Waals surface area contributed by atoms with E-state index in [9.17, 15) is 0 Å². The fourth-order valence-electron chi connectivity index (χ4n) is 2.75. The summed E-state index contributed by atoms with van der Waals surface area (Å²) in [5.74, 6) is 1.99. The summed E-state index contributed by atoms with van der Waals surface area (Å²) in [5.41, 5.74) is 4.32. The molecule has 124 valence electrons. The van der Waals surface area contributed by atoms with Gasteiger partial charge in [-0.2, -0.15) is 5.10 Å². The lowest BCUT2D eigenvalue weighted by atomic mass is 10.1. The molecule has 0 bridgehead atoms. The smallest absolute Gasteiger partial charge is 0.130 e. The maximum Gasteiger partial charge on any atom is 0.130 e. The van der Waals surface area contributed by atoms with E-state index in [1.165, 1.54) is 5.56 Å². The highest BCUT2D eigenvalue weighted by Gasteiger charge is 2.13. The maximum atomic E-state index is 4.77. The molecular weight excluding hydrogens is 298 g/mol. The van der Waals surface area contributed by atoms with Gasteiger partial charge >= 0.3 is 0 Å². The third-order valence-corrected chi connectivity index (χ3v) is 3.82. The van der Waals surface area contributed by atoms with Gasteiger partial charge < -0.3 is 5.32 Å². The first-order valence-electron chi connectivity index (χ1n) is 8.23. The Bertz CT molecular complexity index is 801. The molecule has 0 aliphatic rings. The van der Waals surface area contributed by atoms with Crippen molar-refractivity contribution >= 4 is 5.82 Å². The first-order valence-corrected chi connectivity index (χ1v) is 8.23. The van der Waals surface area contributed by atoms with Gasteiger partial charge in [-0.05, 0) is 31.9 Å². The molecule has 0 spiro atoms. The number of para-hydroxylation sites is 1. The monoisotopic (exact) mass is 321 g/mol. The van der Waals surface area contributed by atoms with Crippen molar-refractivity contribution in [2.24, 2.45) is 0 Å². The van der Waals surface area contributed by atoms with Crippen molar-refractivity contribution in [3.63, 3.8) is 0 Å². The number of aromatic nitrogens is 4. The predicted molar refractivity (Wildman–Crippen MR) is 96.5 cm³/mol. The molecule has 24 heavy (non-hydrogen) atoms. The molecule has 0 fully saturated rings. The van der Waals surface area contributed by atoms with Gasteiger partial charge in [-0.15, -0.1) is 0 Å². The van der Waals surface area contributed by atoms with Crippen LogP contribution in [0.25, 0.3) is 5.69 Å². The van der Waals surface area contributed by atoms with Crippen LogP contribution in [0.5, 0.6) is 0 Å². The van der Waals surface area contributed by atoms with Crippen molar-refractivity contribution in [2.75, 3.05) is 5.32 Å². The number of anilines is 1. The average molecular weight is 321 g/mol. The van der Waals surface area contributed by atoms with E-state index in [4.69, 9.17) is 5.10 Å². The maximum absolute atomic E-state index is 4.77. The van der Waals surface area contributed by atoms with Gasteiger partial charge in [0.25, 0.3) is 0 Å². The van der Waals surface area contributed by atoms with Crippen LogP contribution in [0.1, 0.15) is 42.5 Å². The zero-order chi connectivity index (χ0) is 17.1. The Hall–Kier alpha value is -2.69. The summed E-state index contributed by atoms with van der Waals surface area (Å²) in [6.07, 6.45) is 2.10. The van der Waals surface area contributed by atoms with Gasteiger partial charge in [0.05, 0.1) is 11.4 Å². The lowest BCUT2D eigenvalue weighted by Crippen LogP contribution is -2.05. The molecule has 5 nitrogen and oxygen atoms in total. The number of hydrogen-bond donors (Lipinski definition) is 1. The Labute approximate surface area is 142 Å². The van der Waals surface area contributed by atoms with Gasteiger partial charge in [0.1, 0.15) is 11.6 Å². The van der Waals surface area contributed by atoms with Crippen LogP contribution in [-0.4, -0.2) is 19.7 Å². The average Bonchev–Trinajstić information content (AvgIpc) is 2.97. The summed E-state index contributed by atoms with van der Waals surface area (Å²) >= 11 is 0. The lowest BCUT2D eigenvalue weighted by molar-refractivity contribution is 0.763. The van der Waals surface area contributed by atoms with Gasteiger partial charge in [0, 0.05) is 30.1 Å². The Morgan fingerprint density at radius 1 is 1.08 bits per heavy atom. The molecular formula is C19H23N5. The SMILES string of the molecule is Cc1cc(NCc2cn(-c3ccccc3)nc2C(C)C)nc(C)n1. The highest BCUT2D eigenvalue weighted by molar-refractivity contribution is 5.39. The molecule has 3 rings (SSSR count). The van der Waals surface area contributed by atoms with Crippen LogP contribution in [0.4, 0.5) is 5.82 Å². The Morgan fingerprint density at radius 2 is 1.83 bits per heavy atom. The molecule has 0 unspecified atom stereocenters. The summed E-state index contributed by atoms with van der Waals surface area (Å²) in [6, 6.07) is 12.1. The highest BCUT2D eigenvalue weighted by atomic mass is 15.3. The van der Waals surface area contributed by atoms with Gasteiger partial charge in [0.15, 0.2) is 0 Å². The van der Waals surface area contributed by atoms with Crippen LogP contribution >= 0.6 is 0 Å². The van der Waals surface area contributed by atoms with E-state index < -0.39 is 0 Å². The van der Waals surface area contributed by atoms with E-state index in [-0.39, 0.29) is 0 Å². The number of aryl methyl sites for hydroxylation is 2. The fourth-order valence-corrected chi connectivity index (χ4v) is 2.75. The molecule has 1 aromatic carbocycles. The molecule has 0 saturated heterocycles. The van der Waals surface area contributed by atoms with E-state index in [0.29, 0.717) is 12.5 Å². The van der Waals surface area contributed by atoms with Gasteiger partial charge in [-0.3, -0.25) is 0 Å². The molecule has 0 saturated carbocycles. The first-order chi connectivity index (χ1) is 11.5. The number of hydrogen-bond acceptors (Lipinski definition) is 4. The number of nitrogens with zero attached hydrogens (tertiary/aromatic N) is 4. The Balaban J connectivity index is 1.85. The van der Waals surface area contributed by atoms with Crippen molar-refractivity contribution in [3.8, 4) is 5.69 Å². The summed E-state index contributed by atoms with van der Waals surface area (Å²) in [4.78, 5) is 8.75. The number of benzene rings is 1. The largest absolute Gasteiger partial charge is 0.366 e. The first kappa shape index (κ1) is 16.2. The second-order valence-corrected chi connectivity index (χ2v) is 6.27. The zero-order valence-corrected chi connectivity index (χ0v) is 14.6.